The molecule has 1 heterocycles. The van der Waals surface area contributed by atoms with E-state index in [0.29, 0.717) is 0 Å². The second-order valence-corrected chi connectivity index (χ2v) is 5.75. The minimum Gasteiger partial charge on any atom is -0.481 e. The van der Waals surface area contributed by atoms with Crippen LogP contribution in [0.15, 0.2) is 42.7 Å². The normalized spacial score (nSPS) is 12.5. The topological polar surface area (TPSA) is 150 Å². The van der Waals surface area contributed by atoms with E-state index in [1.807, 2.05) is 24.4 Å². The molecule has 1 unspecified atom stereocenters. The average molecular weight is 363 g/mol. The molecule has 0 bridgehead atoms. The SMILES string of the molecule is N[C@@H](CCC(=O)O)C(=O)O.OCCC(Cc1ccccc1)c1ncc[nH]1. The Morgan fingerprint density at radius 1 is 1.15 bits per heavy atom. The Morgan fingerprint density at radius 2 is 1.85 bits per heavy atom. The Labute approximate surface area is 151 Å². The van der Waals surface area contributed by atoms with E-state index >= 15 is 0 Å². The van der Waals surface area contributed by atoms with Gasteiger partial charge in [0.1, 0.15) is 11.9 Å². The number of aliphatic hydroxyl groups is 1. The lowest BCUT2D eigenvalue weighted by atomic mass is 9.96. The minimum atomic E-state index is -1.17. The highest BCUT2D eigenvalue weighted by Gasteiger charge is 2.14. The number of carboxylic acids is 2. The van der Waals surface area contributed by atoms with Gasteiger partial charge in [0.25, 0.3) is 0 Å². The molecule has 0 saturated carbocycles. The van der Waals surface area contributed by atoms with E-state index in [1.165, 1.54) is 5.56 Å². The first-order chi connectivity index (χ1) is 12.4. The zero-order valence-corrected chi connectivity index (χ0v) is 14.4. The Kier molecular flexibility index (Phi) is 9.66. The molecule has 26 heavy (non-hydrogen) atoms. The largest absolute Gasteiger partial charge is 0.481 e. The quantitative estimate of drug-likeness (QED) is 0.451. The van der Waals surface area contributed by atoms with Gasteiger partial charge in [-0.25, -0.2) is 4.98 Å². The number of hydrogen-bond donors (Lipinski definition) is 5. The molecule has 2 rings (SSSR count). The summed E-state index contributed by atoms with van der Waals surface area (Å²) in [6.07, 6.45) is 5.00. The number of carbonyl (C=O) groups is 2. The first-order valence-corrected chi connectivity index (χ1v) is 8.28. The van der Waals surface area contributed by atoms with Crippen molar-refractivity contribution in [3.05, 3.63) is 54.1 Å². The predicted octanol–water partition coefficient (Wildman–Crippen LogP) is 1.38. The van der Waals surface area contributed by atoms with Crippen LogP contribution in [-0.2, 0) is 16.0 Å². The van der Waals surface area contributed by atoms with E-state index in [0.717, 1.165) is 18.7 Å². The lowest BCUT2D eigenvalue weighted by molar-refractivity contribution is -0.139. The maximum Gasteiger partial charge on any atom is 0.320 e. The van der Waals surface area contributed by atoms with Gasteiger partial charge >= 0.3 is 11.9 Å². The van der Waals surface area contributed by atoms with Crippen LogP contribution >= 0.6 is 0 Å². The third-order valence-electron chi connectivity index (χ3n) is 3.69. The highest BCUT2D eigenvalue weighted by atomic mass is 16.4. The molecule has 0 amide bonds. The monoisotopic (exact) mass is 363 g/mol. The van der Waals surface area contributed by atoms with Crippen molar-refractivity contribution in [3.63, 3.8) is 0 Å². The van der Waals surface area contributed by atoms with Crippen molar-refractivity contribution in [2.75, 3.05) is 6.61 Å². The van der Waals surface area contributed by atoms with Crippen molar-refractivity contribution in [3.8, 4) is 0 Å². The summed E-state index contributed by atoms with van der Waals surface area (Å²) in [5.41, 5.74) is 6.28. The van der Waals surface area contributed by atoms with Crippen LogP contribution < -0.4 is 5.73 Å². The fraction of sp³-hybridized carbons (Fsp3) is 0.389. The number of nitrogens with two attached hydrogens (primary N) is 1. The standard InChI is InChI=1S/C13H16N2O.C5H9NO4/c16-9-6-12(13-14-7-8-15-13)10-11-4-2-1-3-5-11;6-3(5(9)10)1-2-4(7)8/h1-5,7-8,12,16H,6,9-10H2,(H,14,15);3H,1-2,6H2,(H,7,8)(H,9,10)/t;3-/m.0/s1. The molecule has 1 aromatic heterocycles. The molecule has 0 aliphatic rings. The maximum absolute atomic E-state index is 9.99. The first-order valence-electron chi connectivity index (χ1n) is 8.28. The molecule has 0 fully saturated rings. The summed E-state index contributed by atoms with van der Waals surface area (Å²) in [6.45, 7) is 0.193. The molecule has 6 N–H and O–H groups in total. The second-order valence-electron chi connectivity index (χ2n) is 5.75. The van der Waals surface area contributed by atoms with Crippen molar-refractivity contribution in [1.29, 1.82) is 0 Å². The lowest BCUT2D eigenvalue weighted by Crippen LogP contribution is -2.30. The van der Waals surface area contributed by atoms with Crippen molar-refractivity contribution in [2.45, 2.75) is 37.6 Å². The van der Waals surface area contributed by atoms with Crippen LogP contribution in [0.1, 0.15) is 36.6 Å². The molecule has 0 saturated heterocycles. The summed E-state index contributed by atoms with van der Waals surface area (Å²) in [6, 6.07) is 9.23. The summed E-state index contributed by atoms with van der Waals surface area (Å²) in [4.78, 5) is 27.3. The van der Waals surface area contributed by atoms with Crippen molar-refractivity contribution in [1.82, 2.24) is 9.97 Å². The molecular formula is C18H25N3O5. The zero-order chi connectivity index (χ0) is 19.4. The number of benzene rings is 1. The number of nitrogens with one attached hydrogen (secondary N) is 1. The van der Waals surface area contributed by atoms with Crippen molar-refractivity contribution < 1.29 is 24.9 Å². The highest BCUT2D eigenvalue weighted by Crippen LogP contribution is 2.20. The van der Waals surface area contributed by atoms with Gasteiger partial charge in [-0.2, -0.15) is 0 Å². The van der Waals surface area contributed by atoms with Crippen LogP contribution in [0.4, 0.5) is 0 Å². The molecule has 2 atom stereocenters. The van der Waals surface area contributed by atoms with Gasteiger partial charge in [-0.3, -0.25) is 9.59 Å². The lowest BCUT2D eigenvalue weighted by Gasteiger charge is -2.13. The van der Waals surface area contributed by atoms with Gasteiger partial charge in [-0.1, -0.05) is 30.3 Å². The summed E-state index contributed by atoms with van der Waals surface area (Å²) in [5.74, 6) is -0.974. The number of aliphatic carboxylic acids is 2. The molecule has 8 heteroatoms. The number of hydrogen-bond acceptors (Lipinski definition) is 5. The Bertz CT molecular complexity index is 646. The van der Waals surface area contributed by atoms with Crippen LogP contribution in [0.3, 0.4) is 0 Å². The third kappa shape index (κ3) is 8.41. The molecule has 8 nitrogen and oxygen atoms in total. The number of nitrogens with zero attached hydrogens (tertiary/aromatic N) is 1. The minimum absolute atomic E-state index is 0.0231. The van der Waals surface area contributed by atoms with Gasteiger partial charge in [-0.05, 0) is 24.8 Å². The fourth-order valence-corrected chi connectivity index (χ4v) is 2.29. The molecule has 2 aromatic rings. The summed E-state index contributed by atoms with van der Waals surface area (Å²) in [5, 5.41) is 25.3. The van der Waals surface area contributed by atoms with Gasteiger partial charge < -0.3 is 26.0 Å². The second kappa shape index (κ2) is 11.8. The number of rotatable bonds is 9. The summed E-state index contributed by atoms with van der Waals surface area (Å²) < 4.78 is 0. The number of aromatic amines is 1. The molecule has 0 radical (unpaired) electrons. The molecule has 0 aliphatic carbocycles. The third-order valence-corrected chi connectivity index (χ3v) is 3.69. The Morgan fingerprint density at radius 3 is 2.35 bits per heavy atom. The van der Waals surface area contributed by atoms with E-state index in [1.54, 1.807) is 6.20 Å². The zero-order valence-electron chi connectivity index (χ0n) is 14.4. The predicted molar refractivity (Wildman–Crippen MR) is 95.7 cm³/mol. The van der Waals surface area contributed by atoms with Crippen LogP contribution in [0.5, 0.6) is 0 Å². The van der Waals surface area contributed by atoms with E-state index in [4.69, 9.17) is 21.1 Å². The van der Waals surface area contributed by atoms with Gasteiger partial charge in [0, 0.05) is 31.3 Å². The van der Waals surface area contributed by atoms with Gasteiger partial charge in [0.05, 0.1) is 0 Å². The number of carboxylic acid groups (broad SMARTS) is 2. The van der Waals surface area contributed by atoms with E-state index in [-0.39, 0.29) is 25.4 Å². The van der Waals surface area contributed by atoms with Crippen molar-refractivity contribution >= 4 is 11.9 Å². The van der Waals surface area contributed by atoms with Crippen LogP contribution in [-0.4, -0.2) is 49.9 Å². The Hall–Kier alpha value is -2.71. The van der Waals surface area contributed by atoms with E-state index in [9.17, 15) is 9.59 Å². The number of aromatic nitrogens is 2. The average Bonchev–Trinajstić information content (AvgIpc) is 3.15. The van der Waals surface area contributed by atoms with Crippen LogP contribution in [0.25, 0.3) is 0 Å². The smallest absolute Gasteiger partial charge is 0.320 e. The number of imidazole rings is 1. The molecule has 0 aliphatic heterocycles. The highest BCUT2D eigenvalue weighted by molar-refractivity contribution is 5.74. The summed E-state index contributed by atoms with van der Waals surface area (Å²) >= 11 is 0. The van der Waals surface area contributed by atoms with E-state index < -0.39 is 18.0 Å². The number of aliphatic hydroxyl groups excluding tert-OH is 1. The Balaban J connectivity index is 0.000000294. The van der Waals surface area contributed by atoms with Gasteiger partial charge in [0.2, 0.25) is 0 Å². The molecule has 1 aromatic carbocycles. The van der Waals surface area contributed by atoms with Gasteiger partial charge in [-0.15, -0.1) is 0 Å². The van der Waals surface area contributed by atoms with Gasteiger partial charge in [0.15, 0.2) is 0 Å². The van der Waals surface area contributed by atoms with Crippen LogP contribution in [0, 0.1) is 0 Å². The maximum atomic E-state index is 9.99. The fourth-order valence-electron chi connectivity index (χ4n) is 2.29. The molecule has 142 valence electrons. The number of H-pyrrole nitrogens is 1. The van der Waals surface area contributed by atoms with E-state index in [2.05, 4.69) is 22.1 Å². The molecular weight excluding hydrogens is 338 g/mol. The molecule has 0 spiro atoms. The van der Waals surface area contributed by atoms with Crippen LogP contribution in [0.2, 0.25) is 0 Å². The van der Waals surface area contributed by atoms with Crippen molar-refractivity contribution in [2.24, 2.45) is 5.73 Å². The first kappa shape index (κ1) is 21.3. The summed E-state index contributed by atoms with van der Waals surface area (Å²) in [7, 11) is 0.